The summed E-state index contributed by atoms with van der Waals surface area (Å²) in [4.78, 5) is 4.07. The van der Waals surface area contributed by atoms with Crippen LogP contribution in [0.15, 0.2) is 77.5 Å². The van der Waals surface area contributed by atoms with Crippen LogP contribution in [0.3, 0.4) is 0 Å². The summed E-state index contributed by atoms with van der Waals surface area (Å²) in [6, 6.07) is 19.6. The predicted octanol–water partition coefficient (Wildman–Crippen LogP) is 4.55. The normalized spacial score (nSPS) is 10.5. The first-order valence-corrected chi connectivity index (χ1v) is 8.08. The molecule has 0 saturated carbocycles. The van der Waals surface area contributed by atoms with Crippen LogP contribution in [0.4, 0.5) is 11.7 Å². The average molecular weight is 344 g/mol. The van der Waals surface area contributed by atoms with E-state index in [1.807, 2.05) is 60.7 Å². The van der Waals surface area contributed by atoms with E-state index in [1.165, 1.54) is 0 Å². The van der Waals surface area contributed by atoms with Crippen molar-refractivity contribution in [2.75, 3.05) is 12.4 Å². The van der Waals surface area contributed by atoms with Crippen LogP contribution < -0.4 is 10.1 Å². The zero-order valence-electron chi connectivity index (χ0n) is 14.1. The van der Waals surface area contributed by atoms with Crippen LogP contribution in [-0.2, 0) is 0 Å². The minimum Gasteiger partial charge on any atom is -0.497 e. The fourth-order valence-electron chi connectivity index (χ4n) is 2.63. The van der Waals surface area contributed by atoms with Gasteiger partial charge >= 0.3 is 6.01 Å². The molecule has 0 aliphatic heterocycles. The van der Waals surface area contributed by atoms with Gasteiger partial charge in [-0.1, -0.05) is 23.3 Å². The molecule has 0 bridgehead atoms. The topological polar surface area (TPSA) is 73.1 Å². The zero-order chi connectivity index (χ0) is 17.8. The van der Waals surface area contributed by atoms with Crippen molar-refractivity contribution in [1.29, 1.82) is 0 Å². The van der Waals surface area contributed by atoms with E-state index in [4.69, 9.17) is 9.15 Å². The summed E-state index contributed by atoms with van der Waals surface area (Å²) in [6.45, 7) is 0. The van der Waals surface area contributed by atoms with Gasteiger partial charge in [0.2, 0.25) is 5.89 Å². The lowest BCUT2D eigenvalue weighted by molar-refractivity contribution is 0.415. The van der Waals surface area contributed by atoms with Crippen molar-refractivity contribution in [3.8, 4) is 28.3 Å². The van der Waals surface area contributed by atoms with Gasteiger partial charge in [0, 0.05) is 23.6 Å². The highest BCUT2D eigenvalue weighted by Gasteiger charge is 2.15. The second-order valence-electron chi connectivity index (χ2n) is 5.55. The molecule has 2 aromatic carbocycles. The van der Waals surface area contributed by atoms with Crippen LogP contribution in [-0.4, -0.2) is 22.3 Å². The second kappa shape index (κ2) is 7.06. The van der Waals surface area contributed by atoms with Gasteiger partial charge in [0.05, 0.1) is 7.11 Å². The van der Waals surface area contributed by atoms with Crippen LogP contribution in [0.5, 0.6) is 5.75 Å². The molecule has 0 saturated heterocycles. The van der Waals surface area contributed by atoms with Gasteiger partial charge in [-0.05, 0) is 53.6 Å². The highest BCUT2D eigenvalue weighted by atomic mass is 16.5. The van der Waals surface area contributed by atoms with Gasteiger partial charge in [-0.25, -0.2) is 0 Å². The van der Waals surface area contributed by atoms with E-state index in [-0.39, 0.29) is 0 Å². The van der Waals surface area contributed by atoms with E-state index in [2.05, 4.69) is 20.5 Å². The molecule has 4 aromatic rings. The maximum absolute atomic E-state index is 5.82. The summed E-state index contributed by atoms with van der Waals surface area (Å²) in [6.07, 6.45) is 3.49. The number of para-hydroxylation sites is 1. The Morgan fingerprint density at radius 1 is 0.885 bits per heavy atom. The predicted molar refractivity (Wildman–Crippen MR) is 99.2 cm³/mol. The molecule has 0 unspecified atom stereocenters. The number of nitrogens with one attached hydrogen (secondary N) is 1. The molecule has 0 fully saturated rings. The Morgan fingerprint density at radius 3 is 2.46 bits per heavy atom. The lowest BCUT2D eigenvalue weighted by Gasteiger charge is -2.09. The second-order valence-corrected chi connectivity index (χ2v) is 5.55. The molecular formula is C20H16N4O2. The van der Waals surface area contributed by atoms with Gasteiger partial charge in [-0.2, -0.15) is 0 Å². The maximum Gasteiger partial charge on any atom is 0.320 e. The van der Waals surface area contributed by atoms with Crippen LogP contribution in [0.25, 0.3) is 22.6 Å². The Kier molecular flexibility index (Phi) is 4.30. The Morgan fingerprint density at radius 2 is 1.69 bits per heavy atom. The third-order valence-electron chi connectivity index (χ3n) is 3.90. The summed E-state index contributed by atoms with van der Waals surface area (Å²) < 4.78 is 11.2. The van der Waals surface area contributed by atoms with E-state index >= 15 is 0 Å². The fraction of sp³-hybridized carbons (Fsp3) is 0.0500. The van der Waals surface area contributed by atoms with Gasteiger partial charge in [0.25, 0.3) is 0 Å². The van der Waals surface area contributed by atoms with Crippen LogP contribution >= 0.6 is 0 Å². The molecule has 128 valence electrons. The fourth-order valence-corrected chi connectivity index (χ4v) is 2.63. The van der Waals surface area contributed by atoms with Crippen LogP contribution in [0, 0.1) is 0 Å². The number of pyridine rings is 1. The SMILES string of the molecule is COc1ccc(-c2nnc(Nc3ccccc3)o2)c(-c2ccncc2)c1. The van der Waals surface area contributed by atoms with Crippen molar-refractivity contribution in [1.82, 2.24) is 15.2 Å². The molecule has 0 spiro atoms. The molecule has 0 amide bonds. The number of ether oxygens (including phenoxy) is 1. The Hall–Kier alpha value is -3.67. The lowest BCUT2D eigenvalue weighted by Crippen LogP contribution is -1.89. The number of methoxy groups -OCH3 is 1. The molecule has 26 heavy (non-hydrogen) atoms. The molecule has 2 heterocycles. The summed E-state index contributed by atoms with van der Waals surface area (Å²) >= 11 is 0. The first-order chi connectivity index (χ1) is 12.8. The van der Waals surface area contributed by atoms with E-state index < -0.39 is 0 Å². The van der Waals surface area contributed by atoms with Crippen LogP contribution in [0.1, 0.15) is 0 Å². The van der Waals surface area contributed by atoms with Crippen LogP contribution in [0.2, 0.25) is 0 Å². The van der Waals surface area contributed by atoms with Crippen molar-refractivity contribution in [3.05, 3.63) is 73.1 Å². The number of rotatable bonds is 5. The van der Waals surface area contributed by atoms with Crippen molar-refractivity contribution in [2.24, 2.45) is 0 Å². The highest BCUT2D eigenvalue weighted by molar-refractivity contribution is 5.81. The molecule has 6 nitrogen and oxygen atoms in total. The standard InChI is InChI=1S/C20H16N4O2/c1-25-16-7-8-17(18(13-16)14-9-11-21-12-10-14)19-23-24-20(26-19)22-15-5-3-2-4-6-15/h2-13H,1H3,(H,22,24). The smallest absolute Gasteiger partial charge is 0.320 e. The Labute approximate surface area is 150 Å². The van der Waals surface area contributed by atoms with Gasteiger partial charge in [-0.3, -0.25) is 4.98 Å². The summed E-state index contributed by atoms with van der Waals surface area (Å²) in [5.74, 6) is 1.18. The van der Waals surface area contributed by atoms with Crippen molar-refractivity contribution in [3.63, 3.8) is 0 Å². The number of anilines is 2. The van der Waals surface area contributed by atoms with Gasteiger partial charge < -0.3 is 14.5 Å². The third-order valence-corrected chi connectivity index (χ3v) is 3.90. The summed E-state index contributed by atoms with van der Waals surface area (Å²) in [5, 5.41) is 11.4. The van der Waals surface area contributed by atoms with Gasteiger partial charge in [0.15, 0.2) is 0 Å². The van der Waals surface area contributed by atoms with Crippen molar-refractivity contribution < 1.29 is 9.15 Å². The molecule has 4 rings (SSSR count). The number of hydrogen-bond acceptors (Lipinski definition) is 6. The highest BCUT2D eigenvalue weighted by Crippen LogP contribution is 2.34. The van der Waals surface area contributed by atoms with Crippen molar-refractivity contribution >= 4 is 11.7 Å². The summed E-state index contributed by atoms with van der Waals surface area (Å²) in [5.41, 5.74) is 3.63. The quantitative estimate of drug-likeness (QED) is 0.572. The summed E-state index contributed by atoms with van der Waals surface area (Å²) in [7, 11) is 1.64. The lowest BCUT2D eigenvalue weighted by atomic mass is 10.0. The molecule has 1 N–H and O–H groups in total. The molecule has 0 aliphatic carbocycles. The average Bonchev–Trinajstić information content (AvgIpc) is 3.17. The largest absolute Gasteiger partial charge is 0.497 e. The molecule has 2 aromatic heterocycles. The first-order valence-electron chi connectivity index (χ1n) is 8.08. The van der Waals surface area contributed by atoms with E-state index in [1.54, 1.807) is 19.5 Å². The zero-order valence-corrected chi connectivity index (χ0v) is 14.1. The minimum absolute atomic E-state index is 0.336. The van der Waals surface area contributed by atoms with E-state index in [0.29, 0.717) is 11.9 Å². The molecule has 0 aliphatic rings. The van der Waals surface area contributed by atoms with E-state index in [0.717, 1.165) is 28.1 Å². The number of benzene rings is 2. The Balaban J connectivity index is 1.72. The molecule has 0 atom stereocenters. The van der Waals surface area contributed by atoms with Gasteiger partial charge in [0.1, 0.15) is 5.75 Å². The van der Waals surface area contributed by atoms with E-state index in [9.17, 15) is 0 Å². The van der Waals surface area contributed by atoms with Crippen molar-refractivity contribution in [2.45, 2.75) is 0 Å². The third kappa shape index (κ3) is 3.25. The van der Waals surface area contributed by atoms with Gasteiger partial charge in [-0.15, -0.1) is 5.10 Å². The molecule has 6 heteroatoms. The molecular weight excluding hydrogens is 328 g/mol. The maximum atomic E-state index is 5.82. The molecule has 0 radical (unpaired) electrons. The first kappa shape index (κ1) is 15.8. The monoisotopic (exact) mass is 344 g/mol. The Bertz CT molecular complexity index is 1000. The number of nitrogens with zero attached hydrogens (tertiary/aromatic N) is 3. The number of aromatic nitrogens is 3. The number of hydrogen-bond donors (Lipinski definition) is 1. The minimum atomic E-state index is 0.336.